The molecule has 0 saturated heterocycles. The molecule has 3 aromatic rings. The molecule has 0 fully saturated rings. The number of fused-ring (bicyclic) bond motifs is 1. The molecule has 22 heavy (non-hydrogen) atoms. The molecular formula is C19H18O2Se. The number of benzene rings is 3. The zero-order chi connectivity index (χ0) is 15.2. The van der Waals surface area contributed by atoms with E-state index in [4.69, 9.17) is 4.74 Å². The van der Waals surface area contributed by atoms with Crippen LogP contribution in [0.15, 0.2) is 72.8 Å². The van der Waals surface area contributed by atoms with Crippen molar-refractivity contribution in [2.75, 3.05) is 6.61 Å². The summed E-state index contributed by atoms with van der Waals surface area (Å²) < 4.78 is 7.13. The summed E-state index contributed by atoms with van der Waals surface area (Å²) in [6.45, 7) is 0.336. The van der Waals surface area contributed by atoms with Gasteiger partial charge in [-0.25, -0.2) is 0 Å². The van der Waals surface area contributed by atoms with Crippen molar-refractivity contribution in [3.8, 4) is 5.75 Å². The van der Waals surface area contributed by atoms with Gasteiger partial charge in [0, 0.05) is 0 Å². The van der Waals surface area contributed by atoms with E-state index in [0.717, 1.165) is 21.8 Å². The van der Waals surface area contributed by atoms with Crippen molar-refractivity contribution in [1.82, 2.24) is 0 Å². The molecule has 0 amide bonds. The van der Waals surface area contributed by atoms with E-state index in [1.54, 1.807) is 0 Å². The molecule has 0 spiro atoms. The van der Waals surface area contributed by atoms with E-state index in [1.807, 2.05) is 48.5 Å². The summed E-state index contributed by atoms with van der Waals surface area (Å²) in [4.78, 5) is 0. The standard InChI is InChI=1S/C19H18O2Se/c20-16(14-22-17-9-2-1-3-10-17)13-21-19-12-6-8-15-7-4-5-11-18(15)19/h1-12,16,20H,13-14H2. The van der Waals surface area contributed by atoms with E-state index in [2.05, 4.69) is 24.3 Å². The number of hydrogen-bond donors (Lipinski definition) is 1. The molecule has 0 radical (unpaired) electrons. The molecule has 0 heterocycles. The van der Waals surface area contributed by atoms with Crippen molar-refractivity contribution in [2.24, 2.45) is 0 Å². The van der Waals surface area contributed by atoms with E-state index in [1.165, 1.54) is 4.46 Å². The van der Waals surface area contributed by atoms with Crippen LogP contribution < -0.4 is 9.20 Å². The third-order valence-corrected chi connectivity index (χ3v) is 5.79. The topological polar surface area (TPSA) is 29.5 Å². The Kier molecular flexibility index (Phi) is 5.12. The van der Waals surface area contributed by atoms with Crippen LogP contribution >= 0.6 is 0 Å². The van der Waals surface area contributed by atoms with Gasteiger partial charge in [0.05, 0.1) is 0 Å². The van der Waals surface area contributed by atoms with Gasteiger partial charge in [-0.15, -0.1) is 0 Å². The van der Waals surface area contributed by atoms with Crippen molar-refractivity contribution in [3.05, 3.63) is 72.8 Å². The Morgan fingerprint density at radius 2 is 1.59 bits per heavy atom. The predicted molar refractivity (Wildman–Crippen MR) is 92.1 cm³/mol. The van der Waals surface area contributed by atoms with Crippen LogP contribution in [-0.2, 0) is 0 Å². The zero-order valence-electron chi connectivity index (χ0n) is 12.2. The van der Waals surface area contributed by atoms with Gasteiger partial charge >= 0.3 is 137 Å². The second kappa shape index (κ2) is 7.46. The Bertz CT molecular complexity index is 722. The summed E-state index contributed by atoms with van der Waals surface area (Å²) in [6, 6.07) is 24.4. The Labute approximate surface area is 136 Å². The Morgan fingerprint density at radius 1 is 0.864 bits per heavy atom. The van der Waals surface area contributed by atoms with E-state index < -0.39 is 6.10 Å². The quantitative estimate of drug-likeness (QED) is 0.688. The molecule has 0 aliphatic carbocycles. The van der Waals surface area contributed by atoms with E-state index in [0.29, 0.717) is 6.61 Å². The second-order valence-corrected chi connectivity index (χ2v) is 7.36. The molecule has 112 valence electrons. The van der Waals surface area contributed by atoms with E-state index in [-0.39, 0.29) is 15.0 Å². The molecule has 0 aliphatic heterocycles. The van der Waals surface area contributed by atoms with Gasteiger partial charge in [-0.05, 0) is 0 Å². The fourth-order valence-electron chi connectivity index (χ4n) is 2.26. The number of aliphatic hydroxyl groups is 1. The minimum absolute atomic E-state index is 0.281. The molecule has 1 atom stereocenters. The van der Waals surface area contributed by atoms with Crippen LogP contribution in [0.2, 0.25) is 5.32 Å². The number of rotatable bonds is 6. The first-order chi connectivity index (χ1) is 10.8. The van der Waals surface area contributed by atoms with Gasteiger partial charge in [-0.3, -0.25) is 0 Å². The molecule has 0 aliphatic rings. The number of ether oxygens (including phenoxy) is 1. The molecule has 0 aromatic heterocycles. The summed E-state index contributed by atoms with van der Waals surface area (Å²) in [7, 11) is 0. The van der Waals surface area contributed by atoms with Gasteiger partial charge in [0.25, 0.3) is 0 Å². The van der Waals surface area contributed by atoms with Crippen LogP contribution in [0.1, 0.15) is 0 Å². The van der Waals surface area contributed by atoms with E-state index in [9.17, 15) is 5.11 Å². The summed E-state index contributed by atoms with van der Waals surface area (Å²) in [5, 5.41) is 13.1. The van der Waals surface area contributed by atoms with Gasteiger partial charge in [-0.2, -0.15) is 0 Å². The molecule has 3 rings (SSSR count). The number of hydrogen-bond acceptors (Lipinski definition) is 2. The number of aliphatic hydroxyl groups excluding tert-OH is 1. The minimum atomic E-state index is -0.431. The monoisotopic (exact) mass is 358 g/mol. The first-order valence-electron chi connectivity index (χ1n) is 7.29. The normalized spacial score (nSPS) is 12.2. The van der Waals surface area contributed by atoms with Gasteiger partial charge < -0.3 is 0 Å². The summed E-state index contributed by atoms with van der Waals surface area (Å²) in [6.07, 6.45) is -0.431. The predicted octanol–water partition coefficient (Wildman–Crippen LogP) is 3.03. The van der Waals surface area contributed by atoms with Crippen molar-refractivity contribution < 1.29 is 9.84 Å². The van der Waals surface area contributed by atoms with Gasteiger partial charge in [0.2, 0.25) is 0 Å². The van der Waals surface area contributed by atoms with E-state index >= 15 is 0 Å². The molecule has 0 bridgehead atoms. The molecule has 2 nitrogen and oxygen atoms in total. The van der Waals surface area contributed by atoms with Crippen LogP contribution in [0, 0.1) is 0 Å². The van der Waals surface area contributed by atoms with Crippen molar-refractivity contribution in [1.29, 1.82) is 0 Å². The molecule has 0 saturated carbocycles. The Balaban J connectivity index is 1.57. The van der Waals surface area contributed by atoms with Crippen molar-refractivity contribution in [2.45, 2.75) is 11.4 Å². The first-order valence-corrected chi connectivity index (χ1v) is 9.36. The third-order valence-electron chi connectivity index (χ3n) is 3.37. The van der Waals surface area contributed by atoms with Crippen LogP contribution in [-0.4, -0.2) is 32.8 Å². The molecule has 1 unspecified atom stereocenters. The maximum absolute atomic E-state index is 10.1. The maximum atomic E-state index is 10.1. The van der Waals surface area contributed by atoms with Crippen molar-refractivity contribution >= 4 is 30.2 Å². The fraction of sp³-hybridized carbons (Fsp3) is 0.158. The van der Waals surface area contributed by atoms with Gasteiger partial charge in [0.1, 0.15) is 0 Å². The summed E-state index contributed by atoms with van der Waals surface area (Å²) in [5.74, 6) is 0.837. The average molecular weight is 357 g/mol. The van der Waals surface area contributed by atoms with Gasteiger partial charge in [0.15, 0.2) is 0 Å². The SMILES string of the molecule is OC(COc1cccc2ccccc12)C[Se]c1ccccc1. The zero-order valence-corrected chi connectivity index (χ0v) is 13.9. The van der Waals surface area contributed by atoms with Gasteiger partial charge in [-0.1, -0.05) is 0 Å². The average Bonchev–Trinajstić information content (AvgIpc) is 2.59. The second-order valence-electron chi connectivity index (χ2n) is 5.07. The van der Waals surface area contributed by atoms with Crippen LogP contribution in [0.5, 0.6) is 5.75 Å². The first kappa shape index (κ1) is 15.1. The third kappa shape index (κ3) is 3.89. The molecule has 3 heteroatoms. The van der Waals surface area contributed by atoms with Crippen LogP contribution in [0.3, 0.4) is 0 Å². The van der Waals surface area contributed by atoms with Crippen LogP contribution in [0.25, 0.3) is 10.8 Å². The van der Waals surface area contributed by atoms with Crippen molar-refractivity contribution in [3.63, 3.8) is 0 Å². The molecular weight excluding hydrogens is 339 g/mol. The summed E-state index contributed by atoms with van der Waals surface area (Å²) >= 11 is 0.281. The Hall–Kier alpha value is -1.80. The van der Waals surface area contributed by atoms with Crippen LogP contribution in [0.4, 0.5) is 0 Å². The molecule has 1 N–H and O–H groups in total. The Morgan fingerprint density at radius 3 is 2.45 bits per heavy atom. The fourth-order valence-corrected chi connectivity index (χ4v) is 4.01. The summed E-state index contributed by atoms with van der Waals surface area (Å²) in [5.41, 5.74) is 0. The molecule has 3 aromatic carbocycles.